The molecule has 0 spiro atoms. The molecule has 0 amide bonds. The standard InChI is InChI=1S/C6H6ClN3O2/c1-9(7)6-5(10(11)12)3-2-4-8-6/h2-4H,1H3. The van der Waals surface area contributed by atoms with E-state index in [9.17, 15) is 10.1 Å². The van der Waals surface area contributed by atoms with Crippen molar-refractivity contribution in [3.05, 3.63) is 28.4 Å². The number of nitrogens with zero attached hydrogens (tertiary/aromatic N) is 3. The quantitative estimate of drug-likeness (QED) is 0.401. The number of hydrogen-bond acceptors (Lipinski definition) is 4. The molecule has 0 aliphatic heterocycles. The monoisotopic (exact) mass is 187 g/mol. The van der Waals surface area contributed by atoms with Crippen LogP contribution in [0, 0.1) is 10.1 Å². The smallest absolute Gasteiger partial charge is 0.266 e. The van der Waals surface area contributed by atoms with Gasteiger partial charge >= 0.3 is 5.69 Å². The molecule has 6 heteroatoms. The average molecular weight is 188 g/mol. The number of nitro groups is 1. The van der Waals surface area contributed by atoms with Crippen molar-refractivity contribution in [2.45, 2.75) is 0 Å². The Balaban J connectivity index is 3.17. The Hall–Kier alpha value is -1.36. The first-order valence-corrected chi connectivity index (χ1v) is 3.45. The van der Waals surface area contributed by atoms with Crippen LogP contribution >= 0.6 is 11.8 Å². The van der Waals surface area contributed by atoms with Gasteiger partial charge in [0.25, 0.3) is 0 Å². The van der Waals surface area contributed by atoms with Gasteiger partial charge in [-0.3, -0.25) is 14.5 Å². The molecule has 0 aliphatic rings. The fourth-order valence-corrected chi connectivity index (χ4v) is 0.899. The summed E-state index contributed by atoms with van der Waals surface area (Å²) in [5.41, 5.74) is -0.102. The molecule has 0 N–H and O–H groups in total. The number of halogens is 1. The van der Waals surface area contributed by atoms with Gasteiger partial charge in [0.1, 0.15) is 0 Å². The van der Waals surface area contributed by atoms with Gasteiger partial charge in [-0.2, -0.15) is 0 Å². The molecule has 1 aromatic heterocycles. The highest BCUT2D eigenvalue weighted by Gasteiger charge is 2.16. The van der Waals surface area contributed by atoms with E-state index < -0.39 is 4.92 Å². The van der Waals surface area contributed by atoms with Crippen molar-refractivity contribution in [3.8, 4) is 0 Å². The Morgan fingerprint density at radius 2 is 2.42 bits per heavy atom. The Morgan fingerprint density at radius 3 is 2.83 bits per heavy atom. The van der Waals surface area contributed by atoms with Crippen LogP contribution in [0.15, 0.2) is 18.3 Å². The van der Waals surface area contributed by atoms with Crippen LogP contribution in [0.5, 0.6) is 0 Å². The lowest BCUT2D eigenvalue weighted by Crippen LogP contribution is -2.06. The fourth-order valence-electron chi connectivity index (χ4n) is 0.768. The van der Waals surface area contributed by atoms with E-state index in [1.807, 2.05) is 0 Å². The SMILES string of the molecule is CN(Cl)c1ncccc1[N+](=O)[O-]. The molecule has 0 bridgehead atoms. The zero-order valence-electron chi connectivity index (χ0n) is 6.27. The van der Waals surface area contributed by atoms with Crippen LogP contribution in [0.2, 0.25) is 0 Å². The predicted molar refractivity (Wildman–Crippen MR) is 45.1 cm³/mol. The van der Waals surface area contributed by atoms with Gasteiger partial charge in [-0.15, -0.1) is 0 Å². The summed E-state index contributed by atoms with van der Waals surface area (Å²) in [5, 5.41) is 10.4. The van der Waals surface area contributed by atoms with Gasteiger partial charge in [0.05, 0.1) is 4.92 Å². The van der Waals surface area contributed by atoms with Gasteiger partial charge in [0.2, 0.25) is 5.82 Å². The van der Waals surface area contributed by atoms with Gasteiger partial charge in [-0.25, -0.2) is 4.98 Å². The molecule has 0 saturated carbocycles. The summed E-state index contributed by atoms with van der Waals surface area (Å²) >= 11 is 5.52. The molecule has 0 aliphatic carbocycles. The molecule has 0 aromatic carbocycles. The minimum absolute atomic E-state index is 0.102. The molecule has 64 valence electrons. The number of aromatic nitrogens is 1. The minimum atomic E-state index is -0.527. The Morgan fingerprint density at radius 1 is 1.75 bits per heavy atom. The van der Waals surface area contributed by atoms with E-state index in [4.69, 9.17) is 11.8 Å². The van der Waals surface area contributed by atoms with Crippen LogP contribution in [-0.4, -0.2) is 17.0 Å². The van der Waals surface area contributed by atoms with Gasteiger partial charge < -0.3 is 0 Å². The van der Waals surface area contributed by atoms with E-state index in [1.165, 1.54) is 25.4 Å². The molecule has 0 fully saturated rings. The van der Waals surface area contributed by atoms with Crippen molar-refractivity contribution in [2.75, 3.05) is 11.5 Å². The zero-order valence-corrected chi connectivity index (χ0v) is 7.02. The number of rotatable bonds is 2. The van der Waals surface area contributed by atoms with Crippen molar-refractivity contribution in [2.24, 2.45) is 0 Å². The molecule has 1 aromatic rings. The second-order valence-electron chi connectivity index (χ2n) is 2.08. The molecule has 1 heterocycles. The van der Waals surface area contributed by atoms with Gasteiger partial charge in [-0.1, -0.05) is 0 Å². The molecule has 0 unspecified atom stereocenters. The highest BCUT2D eigenvalue weighted by molar-refractivity contribution is 6.25. The molecule has 12 heavy (non-hydrogen) atoms. The van der Waals surface area contributed by atoms with Crippen LogP contribution in [0.25, 0.3) is 0 Å². The van der Waals surface area contributed by atoms with Crippen molar-refractivity contribution in [1.82, 2.24) is 4.98 Å². The summed E-state index contributed by atoms with van der Waals surface area (Å²) in [6.45, 7) is 0. The molecular weight excluding hydrogens is 182 g/mol. The molecule has 1 rings (SSSR count). The third-order valence-corrected chi connectivity index (χ3v) is 1.41. The lowest BCUT2D eigenvalue weighted by Gasteiger charge is -2.06. The first-order chi connectivity index (χ1) is 5.63. The van der Waals surface area contributed by atoms with Gasteiger partial charge in [0, 0.05) is 31.1 Å². The van der Waals surface area contributed by atoms with Crippen LogP contribution < -0.4 is 4.42 Å². The summed E-state index contributed by atoms with van der Waals surface area (Å²) in [6.07, 6.45) is 1.45. The van der Waals surface area contributed by atoms with Crippen molar-refractivity contribution >= 4 is 23.3 Å². The van der Waals surface area contributed by atoms with Gasteiger partial charge in [-0.05, 0) is 6.07 Å². The van der Waals surface area contributed by atoms with E-state index in [0.717, 1.165) is 4.42 Å². The highest BCUT2D eigenvalue weighted by atomic mass is 35.5. The van der Waals surface area contributed by atoms with Crippen molar-refractivity contribution in [3.63, 3.8) is 0 Å². The topological polar surface area (TPSA) is 59.3 Å². The van der Waals surface area contributed by atoms with E-state index in [2.05, 4.69) is 4.98 Å². The number of hydrogen-bond donors (Lipinski definition) is 0. The first-order valence-electron chi connectivity index (χ1n) is 3.12. The first kappa shape index (κ1) is 8.73. The lowest BCUT2D eigenvalue weighted by molar-refractivity contribution is -0.384. The molecule has 5 nitrogen and oxygen atoms in total. The summed E-state index contributed by atoms with van der Waals surface area (Å²) in [7, 11) is 1.48. The second-order valence-corrected chi connectivity index (χ2v) is 2.59. The molecule has 0 atom stereocenters. The largest absolute Gasteiger partial charge is 0.312 e. The summed E-state index contributed by atoms with van der Waals surface area (Å²) < 4.78 is 1.08. The van der Waals surface area contributed by atoms with Gasteiger partial charge in [0.15, 0.2) is 0 Å². The van der Waals surface area contributed by atoms with E-state index in [-0.39, 0.29) is 11.5 Å². The van der Waals surface area contributed by atoms with E-state index in [0.29, 0.717) is 0 Å². The van der Waals surface area contributed by atoms with E-state index >= 15 is 0 Å². The molecule has 0 saturated heterocycles. The Kier molecular flexibility index (Phi) is 2.44. The van der Waals surface area contributed by atoms with E-state index in [1.54, 1.807) is 0 Å². The zero-order chi connectivity index (χ0) is 9.14. The summed E-state index contributed by atoms with van der Waals surface area (Å²) in [6, 6.07) is 2.84. The molecular formula is C6H6ClN3O2. The predicted octanol–water partition coefficient (Wildman–Crippen LogP) is 1.58. The summed E-state index contributed by atoms with van der Waals surface area (Å²) in [5.74, 6) is 0.143. The number of pyridine rings is 1. The average Bonchev–Trinajstić information content (AvgIpc) is 2.04. The Labute approximate surface area is 73.8 Å². The van der Waals surface area contributed by atoms with Crippen LogP contribution in [0.4, 0.5) is 11.5 Å². The number of anilines is 1. The van der Waals surface area contributed by atoms with Crippen LogP contribution in [0.3, 0.4) is 0 Å². The van der Waals surface area contributed by atoms with Crippen molar-refractivity contribution in [1.29, 1.82) is 0 Å². The normalized spacial score (nSPS) is 9.50. The second kappa shape index (κ2) is 3.36. The third-order valence-electron chi connectivity index (χ3n) is 1.25. The lowest BCUT2D eigenvalue weighted by atomic mass is 10.4. The Bertz CT molecular complexity index is 303. The maximum atomic E-state index is 10.4. The maximum Gasteiger partial charge on any atom is 0.312 e. The summed E-state index contributed by atoms with van der Waals surface area (Å²) in [4.78, 5) is 13.6. The fraction of sp³-hybridized carbons (Fsp3) is 0.167. The highest BCUT2D eigenvalue weighted by Crippen LogP contribution is 2.24. The third kappa shape index (κ3) is 1.62. The van der Waals surface area contributed by atoms with Crippen LogP contribution in [-0.2, 0) is 0 Å². The maximum absolute atomic E-state index is 10.4. The van der Waals surface area contributed by atoms with Crippen molar-refractivity contribution < 1.29 is 4.92 Å². The minimum Gasteiger partial charge on any atom is -0.266 e. The van der Waals surface area contributed by atoms with Crippen LogP contribution in [0.1, 0.15) is 0 Å². The molecule has 0 radical (unpaired) electrons.